The van der Waals surface area contributed by atoms with Crippen LogP contribution in [0, 0.1) is 6.92 Å². The van der Waals surface area contributed by atoms with Gasteiger partial charge in [-0.1, -0.05) is 6.92 Å². The van der Waals surface area contributed by atoms with Gasteiger partial charge in [-0.3, -0.25) is 4.90 Å². The van der Waals surface area contributed by atoms with E-state index in [1.807, 2.05) is 18.3 Å². The van der Waals surface area contributed by atoms with Gasteiger partial charge in [0.05, 0.1) is 5.39 Å². The van der Waals surface area contributed by atoms with Crippen LogP contribution in [0.4, 0.5) is 5.82 Å². The highest BCUT2D eigenvalue weighted by atomic mass is 32.1. The Hall–Kier alpha value is -1.20. The van der Waals surface area contributed by atoms with E-state index in [-0.39, 0.29) is 0 Å². The summed E-state index contributed by atoms with van der Waals surface area (Å²) in [6.45, 7) is 10.0. The number of thiophene rings is 1. The summed E-state index contributed by atoms with van der Waals surface area (Å²) in [5, 5.41) is 1.37. The molecule has 4 nitrogen and oxygen atoms in total. The Labute approximate surface area is 136 Å². The lowest BCUT2D eigenvalue weighted by Crippen LogP contribution is -2.47. The van der Waals surface area contributed by atoms with E-state index in [2.05, 4.69) is 16.7 Å². The van der Waals surface area contributed by atoms with Gasteiger partial charge in [0, 0.05) is 31.1 Å². The maximum Gasteiger partial charge on any atom is 0.141 e. The molecule has 0 bridgehead atoms. The fourth-order valence-electron chi connectivity index (χ4n) is 3.81. The molecular weight excluding hydrogens is 292 g/mol. The molecule has 22 heavy (non-hydrogen) atoms. The van der Waals surface area contributed by atoms with E-state index < -0.39 is 0 Å². The zero-order valence-corrected chi connectivity index (χ0v) is 14.4. The van der Waals surface area contributed by atoms with Gasteiger partial charge in [0.1, 0.15) is 16.5 Å². The molecule has 1 saturated heterocycles. The van der Waals surface area contributed by atoms with Crippen molar-refractivity contribution in [3.63, 3.8) is 0 Å². The molecule has 0 spiro atoms. The number of rotatable bonds is 3. The molecule has 0 unspecified atom stereocenters. The van der Waals surface area contributed by atoms with E-state index in [0.29, 0.717) is 0 Å². The molecule has 1 aliphatic heterocycles. The van der Waals surface area contributed by atoms with Crippen LogP contribution in [0.5, 0.6) is 0 Å². The van der Waals surface area contributed by atoms with Crippen LogP contribution in [0.1, 0.15) is 36.0 Å². The predicted octanol–water partition coefficient (Wildman–Crippen LogP) is 3.02. The average Bonchev–Trinajstić information content (AvgIpc) is 3.08. The molecule has 2 aromatic rings. The molecular formula is C17H24N4S. The van der Waals surface area contributed by atoms with Crippen molar-refractivity contribution >= 4 is 27.4 Å². The van der Waals surface area contributed by atoms with Gasteiger partial charge < -0.3 is 4.90 Å². The van der Waals surface area contributed by atoms with Crippen molar-refractivity contribution in [3.8, 4) is 0 Å². The number of aromatic nitrogens is 2. The van der Waals surface area contributed by atoms with Gasteiger partial charge in [-0.15, -0.1) is 11.3 Å². The highest BCUT2D eigenvalue weighted by molar-refractivity contribution is 7.19. The summed E-state index contributed by atoms with van der Waals surface area (Å²) in [6.07, 6.45) is 4.99. The summed E-state index contributed by atoms with van der Waals surface area (Å²) in [5.41, 5.74) is 1.55. The number of hydrogen-bond donors (Lipinski definition) is 0. The molecule has 5 heteroatoms. The number of nitrogens with zero attached hydrogens (tertiary/aromatic N) is 4. The first kappa shape index (κ1) is 14.4. The van der Waals surface area contributed by atoms with Crippen LogP contribution in [0.2, 0.25) is 0 Å². The van der Waals surface area contributed by atoms with Crippen LogP contribution in [0.3, 0.4) is 0 Å². The molecule has 4 rings (SSSR count). The lowest BCUT2D eigenvalue weighted by Gasteiger charge is -2.35. The van der Waals surface area contributed by atoms with Gasteiger partial charge in [0.2, 0.25) is 0 Å². The molecule has 118 valence electrons. The largest absolute Gasteiger partial charge is 0.353 e. The molecule has 2 aliphatic rings. The Bertz CT molecular complexity index is 686. The van der Waals surface area contributed by atoms with Gasteiger partial charge in [-0.25, -0.2) is 9.97 Å². The molecule has 0 N–H and O–H groups in total. The van der Waals surface area contributed by atoms with Gasteiger partial charge in [0.25, 0.3) is 0 Å². The first-order valence-electron chi connectivity index (χ1n) is 8.52. The van der Waals surface area contributed by atoms with Crippen LogP contribution in [-0.4, -0.2) is 47.6 Å². The van der Waals surface area contributed by atoms with E-state index in [0.717, 1.165) is 32.0 Å². The second-order valence-corrected chi connectivity index (χ2v) is 7.54. The number of fused-ring (bicyclic) bond motifs is 3. The highest BCUT2D eigenvalue weighted by Crippen LogP contribution is 2.40. The molecule has 1 fully saturated rings. The third-order valence-electron chi connectivity index (χ3n) is 4.87. The predicted molar refractivity (Wildman–Crippen MR) is 93.1 cm³/mol. The van der Waals surface area contributed by atoms with E-state index in [4.69, 9.17) is 9.97 Å². The Morgan fingerprint density at radius 3 is 2.68 bits per heavy atom. The Morgan fingerprint density at radius 1 is 1.09 bits per heavy atom. The minimum atomic E-state index is 0.915. The monoisotopic (exact) mass is 316 g/mol. The number of aryl methyl sites for hydroxylation is 3. The van der Waals surface area contributed by atoms with Crippen LogP contribution >= 0.6 is 11.3 Å². The summed E-state index contributed by atoms with van der Waals surface area (Å²) in [7, 11) is 0. The summed E-state index contributed by atoms with van der Waals surface area (Å²) in [4.78, 5) is 17.4. The first-order chi connectivity index (χ1) is 10.8. The second kappa shape index (κ2) is 5.78. The number of anilines is 1. The summed E-state index contributed by atoms with van der Waals surface area (Å²) in [6, 6.07) is 0. The van der Waals surface area contributed by atoms with Gasteiger partial charge >= 0.3 is 0 Å². The van der Waals surface area contributed by atoms with Crippen molar-refractivity contribution in [1.82, 2.24) is 14.9 Å². The van der Waals surface area contributed by atoms with Crippen LogP contribution in [-0.2, 0) is 12.8 Å². The van der Waals surface area contributed by atoms with Crippen molar-refractivity contribution in [2.24, 2.45) is 0 Å². The summed E-state index contributed by atoms with van der Waals surface area (Å²) >= 11 is 1.90. The zero-order valence-electron chi connectivity index (χ0n) is 13.6. The van der Waals surface area contributed by atoms with Crippen molar-refractivity contribution in [2.75, 3.05) is 37.6 Å². The smallest absolute Gasteiger partial charge is 0.141 e. The topological polar surface area (TPSA) is 32.3 Å². The first-order valence-corrected chi connectivity index (χ1v) is 9.34. The van der Waals surface area contributed by atoms with E-state index in [1.165, 1.54) is 48.3 Å². The standard InChI is InChI=1S/C17H24N4S/c1-3-7-20-8-10-21(11-9-20)16-15-13-5-4-6-14(13)22-17(15)19-12(2)18-16/h3-11H2,1-2H3. The molecule has 3 heterocycles. The van der Waals surface area contributed by atoms with Gasteiger partial charge in [0.15, 0.2) is 0 Å². The average molecular weight is 316 g/mol. The van der Waals surface area contributed by atoms with Crippen molar-refractivity contribution in [1.29, 1.82) is 0 Å². The molecule has 0 saturated carbocycles. The van der Waals surface area contributed by atoms with E-state index in [9.17, 15) is 0 Å². The number of piperazine rings is 1. The van der Waals surface area contributed by atoms with Crippen LogP contribution in [0.25, 0.3) is 10.2 Å². The molecule has 2 aromatic heterocycles. The fourth-order valence-corrected chi connectivity index (χ4v) is 5.11. The molecule has 1 aliphatic carbocycles. The Morgan fingerprint density at radius 2 is 1.91 bits per heavy atom. The molecule has 0 atom stereocenters. The second-order valence-electron chi connectivity index (χ2n) is 6.46. The van der Waals surface area contributed by atoms with Crippen LogP contribution < -0.4 is 4.90 Å². The van der Waals surface area contributed by atoms with E-state index >= 15 is 0 Å². The maximum atomic E-state index is 4.85. The molecule has 0 aromatic carbocycles. The third-order valence-corrected chi connectivity index (χ3v) is 6.05. The highest BCUT2D eigenvalue weighted by Gasteiger charge is 2.26. The van der Waals surface area contributed by atoms with Gasteiger partial charge in [-0.05, 0) is 44.7 Å². The van der Waals surface area contributed by atoms with Gasteiger partial charge in [-0.2, -0.15) is 0 Å². The maximum absolute atomic E-state index is 4.85. The summed E-state index contributed by atoms with van der Waals surface area (Å²) < 4.78 is 0. The lowest BCUT2D eigenvalue weighted by molar-refractivity contribution is 0.258. The number of hydrogen-bond acceptors (Lipinski definition) is 5. The van der Waals surface area contributed by atoms with Crippen molar-refractivity contribution < 1.29 is 0 Å². The van der Waals surface area contributed by atoms with Crippen LogP contribution in [0.15, 0.2) is 0 Å². The fraction of sp³-hybridized carbons (Fsp3) is 0.647. The zero-order chi connectivity index (χ0) is 15.1. The lowest BCUT2D eigenvalue weighted by atomic mass is 10.1. The summed E-state index contributed by atoms with van der Waals surface area (Å²) in [5.74, 6) is 2.12. The van der Waals surface area contributed by atoms with E-state index in [1.54, 1.807) is 10.4 Å². The van der Waals surface area contributed by atoms with Crippen molar-refractivity contribution in [3.05, 3.63) is 16.3 Å². The molecule has 0 radical (unpaired) electrons. The third kappa shape index (κ3) is 2.40. The Kier molecular flexibility index (Phi) is 3.78. The minimum Gasteiger partial charge on any atom is -0.353 e. The normalized spacial score (nSPS) is 19.1. The quantitative estimate of drug-likeness (QED) is 0.871. The molecule has 0 amide bonds. The minimum absolute atomic E-state index is 0.915. The Balaban J connectivity index is 1.69. The van der Waals surface area contributed by atoms with Crippen molar-refractivity contribution in [2.45, 2.75) is 39.5 Å². The SMILES string of the molecule is CCCN1CCN(c2nc(C)nc3sc4c(c23)CCC4)CC1.